The first-order valence-corrected chi connectivity index (χ1v) is 4.40. The van der Waals surface area contributed by atoms with Gasteiger partial charge in [0.1, 0.15) is 0 Å². The second-order valence-electron chi connectivity index (χ2n) is 3.06. The van der Waals surface area contributed by atoms with Crippen molar-refractivity contribution in [2.24, 2.45) is 0 Å². The van der Waals surface area contributed by atoms with Gasteiger partial charge < -0.3 is 10.1 Å². The number of nitrogens with one attached hydrogen (secondary N) is 1. The van der Waals surface area contributed by atoms with Gasteiger partial charge in [0.15, 0.2) is 5.75 Å². The van der Waals surface area contributed by atoms with E-state index in [9.17, 15) is 0 Å². The van der Waals surface area contributed by atoms with Crippen molar-refractivity contribution >= 4 is 5.69 Å². The van der Waals surface area contributed by atoms with Crippen LogP contribution >= 0.6 is 0 Å². The Hall–Kier alpha value is -1.69. The van der Waals surface area contributed by atoms with Crippen molar-refractivity contribution in [1.82, 2.24) is 4.98 Å². The predicted octanol–water partition coefficient (Wildman–Crippen LogP) is 1.83. The number of hydrogen-bond acceptors (Lipinski definition) is 3. The van der Waals surface area contributed by atoms with E-state index >= 15 is 0 Å². The molecule has 1 atom stereocenters. The Morgan fingerprint density at radius 1 is 1.64 bits per heavy atom. The lowest BCUT2D eigenvalue weighted by atomic mass is 10.2. The van der Waals surface area contributed by atoms with E-state index in [4.69, 9.17) is 11.2 Å². The summed E-state index contributed by atoms with van der Waals surface area (Å²) in [5.74, 6) is 3.30. The van der Waals surface area contributed by atoms with Gasteiger partial charge in [-0.05, 0) is 19.9 Å². The van der Waals surface area contributed by atoms with Gasteiger partial charge in [-0.3, -0.25) is 4.98 Å². The zero-order chi connectivity index (χ0) is 10.6. The molecule has 1 aromatic rings. The molecular weight excluding hydrogens is 176 g/mol. The number of pyridine rings is 1. The van der Waals surface area contributed by atoms with E-state index in [1.165, 1.54) is 0 Å². The highest BCUT2D eigenvalue weighted by Crippen LogP contribution is 2.23. The second-order valence-corrected chi connectivity index (χ2v) is 3.06. The molecule has 74 valence electrons. The second kappa shape index (κ2) is 4.52. The van der Waals surface area contributed by atoms with Crippen LogP contribution in [0.25, 0.3) is 0 Å². The minimum atomic E-state index is -0.0225. The molecule has 1 aromatic heterocycles. The summed E-state index contributed by atoms with van der Waals surface area (Å²) in [5.41, 5.74) is 1.81. The maximum atomic E-state index is 5.28. The summed E-state index contributed by atoms with van der Waals surface area (Å²) in [6.45, 7) is 3.83. The van der Waals surface area contributed by atoms with Crippen LogP contribution in [0.15, 0.2) is 12.3 Å². The number of terminal acetylenes is 1. The summed E-state index contributed by atoms with van der Waals surface area (Å²) in [4.78, 5) is 4.13. The Labute approximate surface area is 84.5 Å². The molecule has 0 bridgehead atoms. The van der Waals surface area contributed by atoms with Crippen molar-refractivity contribution in [1.29, 1.82) is 0 Å². The smallest absolute Gasteiger partial charge is 0.160 e. The van der Waals surface area contributed by atoms with Gasteiger partial charge in [0.25, 0.3) is 0 Å². The number of rotatable bonds is 3. The third-order valence-electron chi connectivity index (χ3n) is 1.85. The van der Waals surface area contributed by atoms with Crippen LogP contribution in [0.4, 0.5) is 5.69 Å². The number of aromatic nitrogens is 1. The minimum absolute atomic E-state index is 0.0225. The summed E-state index contributed by atoms with van der Waals surface area (Å²) in [7, 11) is 1.61. The van der Waals surface area contributed by atoms with Gasteiger partial charge in [-0.2, -0.15) is 0 Å². The molecule has 1 heterocycles. The van der Waals surface area contributed by atoms with Crippen LogP contribution in [0.1, 0.15) is 12.6 Å². The molecule has 0 aliphatic carbocycles. The Balaban J connectivity index is 2.94. The van der Waals surface area contributed by atoms with Crippen molar-refractivity contribution in [3.63, 3.8) is 0 Å². The lowest BCUT2D eigenvalue weighted by Crippen LogP contribution is -2.13. The van der Waals surface area contributed by atoms with E-state index in [1.807, 2.05) is 19.9 Å². The molecular formula is C11H14N2O. The average Bonchev–Trinajstić information content (AvgIpc) is 2.18. The number of ether oxygens (including phenoxy) is 1. The molecule has 1 unspecified atom stereocenters. The first-order valence-electron chi connectivity index (χ1n) is 4.40. The van der Waals surface area contributed by atoms with Crippen LogP contribution in [0.2, 0.25) is 0 Å². The third-order valence-corrected chi connectivity index (χ3v) is 1.85. The van der Waals surface area contributed by atoms with Crippen LogP contribution in [0, 0.1) is 19.3 Å². The Morgan fingerprint density at radius 2 is 2.36 bits per heavy atom. The molecule has 0 aromatic carbocycles. The quantitative estimate of drug-likeness (QED) is 0.738. The van der Waals surface area contributed by atoms with Crippen LogP contribution in [0.5, 0.6) is 5.75 Å². The Bertz CT molecular complexity index is 355. The largest absolute Gasteiger partial charge is 0.493 e. The minimum Gasteiger partial charge on any atom is -0.493 e. The van der Waals surface area contributed by atoms with E-state index in [0.717, 1.165) is 11.4 Å². The lowest BCUT2D eigenvalue weighted by Gasteiger charge is -2.13. The summed E-state index contributed by atoms with van der Waals surface area (Å²) >= 11 is 0. The SMILES string of the molecule is C#CC(C)Nc1cc(C)ncc1OC. The number of aryl methyl sites for hydroxylation is 1. The standard InChI is InChI=1S/C11H14N2O/c1-5-8(2)13-10-6-9(3)12-7-11(10)14-4/h1,6-8H,2-4H3,(H,12,13). The molecule has 0 aliphatic heterocycles. The zero-order valence-electron chi connectivity index (χ0n) is 8.66. The topological polar surface area (TPSA) is 34.2 Å². The summed E-state index contributed by atoms with van der Waals surface area (Å²) in [6, 6.07) is 1.89. The number of hydrogen-bond donors (Lipinski definition) is 1. The molecule has 0 radical (unpaired) electrons. The highest BCUT2D eigenvalue weighted by atomic mass is 16.5. The van der Waals surface area contributed by atoms with Crippen molar-refractivity contribution in [3.05, 3.63) is 18.0 Å². The molecule has 0 saturated heterocycles. The predicted molar refractivity (Wildman–Crippen MR) is 57.4 cm³/mol. The van der Waals surface area contributed by atoms with Crippen molar-refractivity contribution in [3.8, 4) is 18.1 Å². The molecule has 0 saturated carbocycles. The molecule has 0 aliphatic rings. The fourth-order valence-corrected chi connectivity index (χ4v) is 1.10. The summed E-state index contributed by atoms with van der Waals surface area (Å²) in [6.07, 6.45) is 6.96. The van der Waals surface area contributed by atoms with Crippen molar-refractivity contribution < 1.29 is 4.74 Å². The maximum absolute atomic E-state index is 5.28. The lowest BCUT2D eigenvalue weighted by molar-refractivity contribution is 0.414. The molecule has 3 heteroatoms. The summed E-state index contributed by atoms with van der Waals surface area (Å²) in [5, 5.41) is 3.15. The van der Waals surface area contributed by atoms with E-state index in [0.29, 0.717) is 5.75 Å². The van der Waals surface area contributed by atoms with E-state index in [2.05, 4.69) is 16.2 Å². The van der Waals surface area contributed by atoms with Crippen molar-refractivity contribution in [2.45, 2.75) is 19.9 Å². The first-order chi connectivity index (χ1) is 6.67. The highest BCUT2D eigenvalue weighted by molar-refractivity contribution is 5.57. The van der Waals surface area contributed by atoms with Gasteiger partial charge in [-0.1, -0.05) is 5.92 Å². The zero-order valence-corrected chi connectivity index (χ0v) is 8.66. The molecule has 0 amide bonds. The third kappa shape index (κ3) is 2.40. The first kappa shape index (κ1) is 10.4. The van der Waals surface area contributed by atoms with E-state index in [1.54, 1.807) is 13.3 Å². The summed E-state index contributed by atoms with van der Waals surface area (Å²) < 4.78 is 5.15. The molecule has 14 heavy (non-hydrogen) atoms. The van der Waals surface area contributed by atoms with Gasteiger partial charge in [-0.25, -0.2) is 0 Å². The van der Waals surface area contributed by atoms with Gasteiger partial charge >= 0.3 is 0 Å². The molecule has 0 fully saturated rings. The highest BCUT2D eigenvalue weighted by Gasteiger charge is 2.05. The molecule has 1 N–H and O–H groups in total. The Morgan fingerprint density at radius 3 is 2.93 bits per heavy atom. The van der Waals surface area contributed by atoms with Gasteiger partial charge in [-0.15, -0.1) is 6.42 Å². The van der Waals surface area contributed by atoms with Crippen LogP contribution in [0.3, 0.4) is 0 Å². The molecule has 3 nitrogen and oxygen atoms in total. The van der Waals surface area contributed by atoms with Crippen LogP contribution in [-0.2, 0) is 0 Å². The van der Waals surface area contributed by atoms with Crippen LogP contribution < -0.4 is 10.1 Å². The Kier molecular flexibility index (Phi) is 3.35. The van der Waals surface area contributed by atoms with Gasteiger partial charge in [0, 0.05) is 5.69 Å². The van der Waals surface area contributed by atoms with Crippen molar-refractivity contribution in [2.75, 3.05) is 12.4 Å². The fraction of sp³-hybridized carbons (Fsp3) is 0.364. The fourth-order valence-electron chi connectivity index (χ4n) is 1.10. The monoisotopic (exact) mass is 190 g/mol. The number of anilines is 1. The van der Waals surface area contributed by atoms with Crippen LogP contribution in [-0.4, -0.2) is 18.1 Å². The van der Waals surface area contributed by atoms with Gasteiger partial charge in [0.2, 0.25) is 0 Å². The van der Waals surface area contributed by atoms with E-state index in [-0.39, 0.29) is 6.04 Å². The normalized spacial score (nSPS) is 11.6. The molecule has 0 spiro atoms. The van der Waals surface area contributed by atoms with E-state index < -0.39 is 0 Å². The maximum Gasteiger partial charge on any atom is 0.160 e. The number of methoxy groups -OCH3 is 1. The number of nitrogens with zero attached hydrogens (tertiary/aromatic N) is 1. The molecule has 1 rings (SSSR count). The average molecular weight is 190 g/mol. The van der Waals surface area contributed by atoms with Gasteiger partial charge in [0.05, 0.1) is 25.0 Å².